The highest BCUT2D eigenvalue weighted by atomic mass is 79.9. The van der Waals surface area contributed by atoms with Gasteiger partial charge in [-0.05, 0) is 28.1 Å². The molecule has 0 radical (unpaired) electrons. The highest BCUT2D eigenvalue weighted by molar-refractivity contribution is 9.10. The molecule has 0 spiro atoms. The Morgan fingerprint density at radius 2 is 2.10 bits per heavy atom. The van der Waals surface area contributed by atoms with E-state index in [0.29, 0.717) is 6.42 Å². The third-order valence-corrected chi connectivity index (χ3v) is 4.03. The lowest BCUT2D eigenvalue weighted by Gasteiger charge is -2.06. The smallest absolute Gasteiger partial charge is 0.132 e. The minimum atomic E-state index is 0.0933. The van der Waals surface area contributed by atoms with E-state index in [2.05, 4.69) is 44.1 Å². The van der Waals surface area contributed by atoms with Crippen LogP contribution in [0, 0.1) is 0 Å². The average Bonchev–Trinajstić information content (AvgIpc) is 2.92. The van der Waals surface area contributed by atoms with Crippen LogP contribution in [0.4, 0.5) is 0 Å². The van der Waals surface area contributed by atoms with Crippen LogP contribution in [-0.2, 0) is 20.5 Å². The molecule has 5 nitrogen and oxygen atoms in total. The van der Waals surface area contributed by atoms with Crippen LogP contribution in [0.1, 0.15) is 5.82 Å². The molecule has 1 N–H and O–H groups in total. The number of rotatable bonds is 3. The van der Waals surface area contributed by atoms with E-state index in [0.717, 1.165) is 32.7 Å². The molecular weight excluding hydrogens is 320 g/mol. The number of imidazole rings is 2. The molecule has 3 aromatic rings. The number of aliphatic hydroxyl groups is 1. The molecule has 104 valence electrons. The Kier molecular flexibility index (Phi) is 3.35. The van der Waals surface area contributed by atoms with Crippen LogP contribution in [0.25, 0.3) is 22.3 Å². The van der Waals surface area contributed by atoms with Crippen molar-refractivity contribution in [2.45, 2.75) is 6.42 Å². The first-order valence-electron chi connectivity index (χ1n) is 6.35. The van der Waals surface area contributed by atoms with Gasteiger partial charge in [0.2, 0.25) is 0 Å². The third-order valence-electron chi connectivity index (χ3n) is 3.48. The standard InChI is InChI=1S/C14H15BrN4O/c1-18-8-16-10-7-9(3-4-11(10)18)13-14(15)17-12(5-6-20)19(13)2/h3-4,7-8,20H,5-6H2,1-2H3. The van der Waals surface area contributed by atoms with Crippen molar-refractivity contribution in [1.29, 1.82) is 0 Å². The summed E-state index contributed by atoms with van der Waals surface area (Å²) < 4.78 is 4.79. The molecule has 2 heterocycles. The predicted molar refractivity (Wildman–Crippen MR) is 81.4 cm³/mol. The Balaban J connectivity index is 2.15. The lowest BCUT2D eigenvalue weighted by molar-refractivity contribution is 0.295. The van der Waals surface area contributed by atoms with Gasteiger partial charge in [0.05, 0.1) is 29.7 Å². The number of hydrogen-bond acceptors (Lipinski definition) is 3. The second-order valence-corrected chi connectivity index (χ2v) is 5.51. The topological polar surface area (TPSA) is 55.9 Å². The molecule has 0 unspecified atom stereocenters. The maximum absolute atomic E-state index is 9.08. The maximum atomic E-state index is 9.08. The van der Waals surface area contributed by atoms with Crippen molar-refractivity contribution in [3.05, 3.63) is 35.0 Å². The van der Waals surface area contributed by atoms with Gasteiger partial charge in [-0.1, -0.05) is 6.07 Å². The summed E-state index contributed by atoms with van der Waals surface area (Å²) in [6, 6.07) is 6.18. The molecule has 0 amide bonds. The Hall–Kier alpha value is -1.66. The average molecular weight is 335 g/mol. The van der Waals surface area contributed by atoms with E-state index < -0.39 is 0 Å². The van der Waals surface area contributed by atoms with Gasteiger partial charge in [-0.25, -0.2) is 9.97 Å². The van der Waals surface area contributed by atoms with E-state index in [1.807, 2.05) is 29.6 Å². The van der Waals surface area contributed by atoms with Gasteiger partial charge in [0.25, 0.3) is 0 Å². The van der Waals surface area contributed by atoms with Gasteiger partial charge >= 0.3 is 0 Å². The third kappa shape index (κ3) is 2.05. The van der Waals surface area contributed by atoms with Gasteiger partial charge in [-0.2, -0.15) is 0 Å². The van der Waals surface area contributed by atoms with Crippen LogP contribution >= 0.6 is 15.9 Å². The molecule has 0 aliphatic carbocycles. The first-order valence-corrected chi connectivity index (χ1v) is 7.14. The Morgan fingerprint density at radius 1 is 1.30 bits per heavy atom. The molecule has 0 saturated carbocycles. The van der Waals surface area contributed by atoms with Crippen LogP contribution in [0.5, 0.6) is 0 Å². The van der Waals surface area contributed by atoms with Gasteiger partial charge in [-0.3, -0.25) is 0 Å². The van der Waals surface area contributed by atoms with E-state index in [1.165, 1.54) is 0 Å². The van der Waals surface area contributed by atoms with Gasteiger partial charge in [0.1, 0.15) is 10.4 Å². The predicted octanol–water partition coefficient (Wildman–Crippen LogP) is 2.27. The quantitative estimate of drug-likeness (QED) is 0.799. The van der Waals surface area contributed by atoms with E-state index >= 15 is 0 Å². The van der Waals surface area contributed by atoms with Crippen LogP contribution < -0.4 is 0 Å². The summed E-state index contributed by atoms with van der Waals surface area (Å²) in [5, 5.41) is 9.08. The van der Waals surface area contributed by atoms with Gasteiger partial charge in [-0.15, -0.1) is 0 Å². The molecule has 1 aromatic carbocycles. The number of aliphatic hydroxyl groups excluding tert-OH is 1. The maximum Gasteiger partial charge on any atom is 0.132 e. The summed E-state index contributed by atoms with van der Waals surface area (Å²) in [6.07, 6.45) is 2.35. The van der Waals surface area contributed by atoms with Gasteiger partial charge < -0.3 is 14.2 Å². The normalized spacial score (nSPS) is 11.4. The van der Waals surface area contributed by atoms with Crippen molar-refractivity contribution >= 4 is 27.0 Å². The highest BCUT2D eigenvalue weighted by Gasteiger charge is 2.15. The van der Waals surface area contributed by atoms with E-state index in [4.69, 9.17) is 5.11 Å². The largest absolute Gasteiger partial charge is 0.396 e. The number of nitrogens with zero attached hydrogens (tertiary/aromatic N) is 4. The molecule has 0 bridgehead atoms. The lowest BCUT2D eigenvalue weighted by atomic mass is 10.1. The fourth-order valence-electron chi connectivity index (χ4n) is 2.43. The van der Waals surface area contributed by atoms with Crippen LogP contribution in [0.3, 0.4) is 0 Å². The zero-order valence-corrected chi connectivity index (χ0v) is 12.9. The Labute approximate surface area is 125 Å². The van der Waals surface area contributed by atoms with Crippen LogP contribution in [-0.4, -0.2) is 30.8 Å². The zero-order chi connectivity index (χ0) is 14.3. The Bertz CT molecular complexity index is 775. The summed E-state index contributed by atoms with van der Waals surface area (Å²) in [5.74, 6) is 0.857. The van der Waals surface area contributed by atoms with Crippen molar-refractivity contribution in [1.82, 2.24) is 19.1 Å². The van der Waals surface area contributed by atoms with Crippen molar-refractivity contribution < 1.29 is 5.11 Å². The summed E-state index contributed by atoms with van der Waals surface area (Å²) >= 11 is 3.50. The zero-order valence-electron chi connectivity index (χ0n) is 11.3. The second kappa shape index (κ2) is 5.03. The molecule has 6 heteroatoms. The first-order chi connectivity index (χ1) is 9.61. The Morgan fingerprint density at radius 3 is 2.85 bits per heavy atom. The fourth-order valence-corrected chi connectivity index (χ4v) is 3.13. The van der Waals surface area contributed by atoms with Gasteiger partial charge in [0, 0.05) is 26.1 Å². The lowest BCUT2D eigenvalue weighted by Crippen LogP contribution is -2.02. The molecule has 0 fully saturated rings. The van der Waals surface area contributed by atoms with Gasteiger partial charge in [0.15, 0.2) is 0 Å². The molecular formula is C14H15BrN4O. The number of fused-ring (bicyclic) bond motifs is 1. The molecule has 0 aliphatic rings. The highest BCUT2D eigenvalue weighted by Crippen LogP contribution is 2.30. The van der Waals surface area contributed by atoms with Crippen molar-refractivity contribution in [2.75, 3.05) is 6.61 Å². The monoisotopic (exact) mass is 334 g/mol. The first kappa shape index (κ1) is 13.3. The molecule has 20 heavy (non-hydrogen) atoms. The number of benzene rings is 1. The molecule has 2 aromatic heterocycles. The minimum absolute atomic E-state index is 0.0933. The summed E-state index contributed by atoms with van der Waals surface area (Å²) in [6.45, 7) is 0.0933. The van der Waals surface area contributed by atoms with E-state index in [-0.39, 0.29) is 6.61 Å². The second-order valence-electron chi connectivity index (χ2n) is 4.76. The van der Waals surface area contributed by atoms with Crippen LogP contribution in [0.15, 0.2) is 29.1 Å². The van der Waals surface area contributed by atoms with E-state index in [1.54, 1.807) is 0 Å². The van der Waals surface area contributed by atoms with Crippen molar-refractivity contribution in [2.24, 2.45) is 14.1 Å². The number of aryl methyl sites for hydroxylation is 1. The molecule has 0 aliphatic heterocycles. The minimum Gasteiger partial charge on any atom is -0.396 e. The molecule has 3 rings (SSSR count). The summed E-state index contributed by atoms with van der Waals surface area (Å²) in [4.78, 5) is 8.84. The number of halogens is 1. The van der Waals surface area contributed by atoms with Crippen molar-refractivity contribution in [3.63, 3.8) is 0 Å². The summed E-state index contributed by atoms with van der Waals surface area (Å²) in [7, 11) is 3.94. The van der Waals surface area contributed by atoms with Crippen molar-refractivity contribution in [3.8, 4) is 11.3 Å². The SMILES string of the molecule is Cn1c(CCO)nc(Br)c1-c1ccc2c(c1)ncn2C. The number of aromatic nitrogens is 4. The summed E-state index contributed by atoms with van der Waals surface area (Å²) in [5.41, 5.74) is 4.12. The fraction of sp³-hybridized carbons (Fsp3) is 0.286. The van der Waals surface area contributed by atoms with Crippen LogP contribution in [0.2, 0.25) is 0 Å². The number of hydrogen-bond donors (Lipinski definition) is 1. The van der Waals surface area contributed by atoms with E-state index in [9.17, 15) is 0 Å². The molecule has 0 atom stereocenters. The molecule has 0 saturated heterocycles.